The molecule has 1 fully saturated rings. The van der Waals surface area contributed by atoms with Gasteiger partial charge in [-0.25, -0.2) is 0 Å². The van der Waals surface area contributed by atoms with Gasteiger partial charge < -0.3 is 9.88 Å². The zero-order chi connectivity index (χ0) is 19.1. The molecule has 2 aliphatic rings. The van der Waals surface area contributed by atoms with Gasteiger partial charge in [0.25, 0.3) is 5.56 Å². The van der Waals surface area contributed by atoms with Gasteiger partial charge in [0.05, 0.1) is 16.8 Å². The summed E-state index contributed by atoms with van der Waals surface area (Å²) in [6, 6.07) is 11.0. The molecule has 5 rings (SSSR count). The maximum absolute atomic E-state index is 13.4. The van der Waals surface area contributed by atoms with Crippen LogP contribution in [0.2, 0.25) is 0 Å². The minimum Gasteiger partial charge on any atom is -0.326 e. The lowest BCUT2D eigenvalue weighted by molar-refractivity contribution is -0.929. The topological polar surface area (TPSA) is 42.2 Å². The molecule has 6 heteroatoms. The van der Waals surface area contributed by atoms with Gasteiger partial charge in [0.2, 0.25) is 0 Å². The van der Waals surface area contributed by atoms with Crippen molar-refractivity contribution >= 4 is 33.8 Å². The van der Waals surface area contributed by atoms with E-state index in [9.17, 15) is 4.79 Å². The van der Waals surface area contributed by atoms with Crippen LogP contribution in [-0.4, -0.2) is 16.1 Å². The maximum atomic E-state index is 13.4. The number of nitrogens with one attached hydrogen (secondary N) is 2. The summed E-state index contributed by atoms with van der Waals surface area (Å²) in [4.78, 5) is 20.7. The second-order valence-corrected chi connectivity index (χ2v) is 9.69. The van der Waals surface area contributed by atoms with Crippen LogP contribution in [0, 0.1) is 4.77 Å². The number of nitrogens with zero attached hydrogens (tertiary/aromatic N) is 1. The van der Waals surface area contributed by atoms with Crippen molar-refractivity contribution in [2.75, 3.05) is 6.54 Å². The predicted molar refractivity (Wildman–Crippen MR) is 117 cm³/mol. The lowest BCUT2D eigenvalue weighted by atomic mass is 9.95. The van der Waals surface area contributed by atoms with E-state index in [-0.39, 0.29) is 11.6 Å². The van der Waals surface area contributed by atoms with E-state index in [2.05, 4.69) is 35.3 Å². The highest BCUT2D eigenvalue weighted by Crippen LogP contribution is 2.32. The van der Waals surface area contributed by atoms with Gasteiger partial charge >= 0.3 is 0 Å². The van der Waals surface area contributed by atoms with Gasteiger partial charge in [0.1, 0.15) is 17.9 Å². The number of quaternary nitrogens is 1. The Kier molecular flexibility index (Phi) is 4.95. The number of hydrogen-bond donors (Lipinski definition) is 2. The third-order valence-corrected chi connectivity index (χ3v) is 7.78. The van der Waals surface area contributed by atoms with Crippen molar-refractivity contribution in [1.29, 1.82) is 0 Å². The normalized spacial score (nSPS) is 20.4. The molecule has 0 radical (unpaired) electrons. The van der Waals surface area contributed by atoms with Gasteiger partial charge in [-0.15, -0.1) is 11.3 Å². The highest BCUT2D eigenvalue weighted by molar-refractivity contribution is 7.71. The van der Waals surface area contributed by atoms with Crippen LogP contribution in [0.5, 0.6) is 0 Å². The predicted octanol–water partition coefficient (Wildman–Crippen LogP) is 3.77. The summed E-state index contributed by atoms with van der Waals surface area (Å²) < 4.78 is 2.50. The van der Waals surface area contributed by atoms with Crippen molar-refractivity contribution in [3.63, 3.8) is 0 Å². The molecule has 1 unspecified atom stereocenters. The molecular weight excluding hydrogens is 386 g/mol. The van der Waals surface area contributed by atoms with E-state index in [0.29, 0.717) is 4.77 Å². The van der Waals surface area contributed by atoms with Crippen LogP contribution >= 0.6 is 23.6 Å². The zero-order valence-electron chi connectivity index (χ0n) is 16.0. The number of hydrogen-bond acceptors (Lipinski definition) is 3. The van der Waals surface area contributed by atoms with E-state index in [1.807, 2.05) is 4.57 Å². The number of H-pyrrole nitrogens is 1. The summed E-state index contributed by atoms with van der Waals surface area (Å²) in [6.45, 7) is 3.11. The first-order chi connectivity index (χ1) is 13.7. The van der Waals surface area contributed by atoms with E-state index in [4.69, 9.17) is 12.2 Å². The maximum Gasteiger partial charge on any atom is 0.263 e. The second kappa shape index (κ2) is 7.58. The fourth-order valence-corrected chi connectivity index (χ4v) is 6.64. The van der Waals surface area contributed by atoms with Gasteiger partial charge in [-0.2, -0.15) is 0 Å². The molecule has 3 aromatic rings. The first-order valence-electron chi connectivity index (χ1n) is 10.4. The Morgan fingerprint density at radius 1 is 1.18 bits per heavy atom. The van der Waals surface area contributed by atoms with E-state index in [1.54, 1.807) is 16.2 Å². The van der Waals surface area contributed by atoms with Crippen molar-refractivity contribution in [3.8, 4) is 0 Å². The summed E-state index contributed by atoms with van der Waals surface area (Å²) in [7, 11) is 0. The van der Waals surface area contributed by atoms with Crippen LogP contribution in [-0.2, 0) is 19.5 Å². The molecule has 3 heterocycles. The average molecular weight is 413 g/mol. The molecule has 1 aliphatic heterocycles. The molecule has 2 N–H and O–H groups in total. The Balaban J connectivity index is 1.50. The highest BCUT2D eigenvalue weighted by atomic mass is 32.1. The number of fused-ring (bicyclic) bond motifs is 3. The second-order valence-electron chi connectivity index (χ2n) is 8.19. The molecule has 1 atom stereocenters. The first kappa shape index (κ1) is 18.3. The molecule has 0 amide bonds. The van der Waals surface area contributed by atoms with Gasteiger partial charge in [-0.3, -0.25) is 9.36 Å². The summed E-state index contributed by atoms with van der Waals surface area (Å²) in [5, 5.41) is 0.915. The zero-order valence-corrected chi connectivity index (χ0v) is 17.6. The van der Waals surface area contributed by atoms with Crippen LogP contribution in [0.3, 0.4) is 0 Å². The molecule has 1 aromatic carbocycles. The van der Waals surface area contributed by atoms with Crippen LogP contribution in [0.4, 0.5) is 0 Å². The van der Waals surface area contributed by atoms with E-state index in [0.717, 1.165) is 49.1 Å². The third-order valence-electron chi connectivity index (χ3n) is 6.34. The number of thiophene rings is 1. The van der Waals surface area contributed by atoms with Gasteiger partial charge in [0, 0.05) is 18.0 Å². The standard InChI is InChI=1S/C22H25N3OS2/c26-21-19-17-11-12-24(13-15-7-3-1-4-8-15)14-18(17)28-20(19)23-22(27)25(21)16-9-5-2-6-10-16/h1,3-4,7-8,16H,2,5-6,9-14H2,(H,23,27)/p+1. The third kappa shape index (κ3) is 3.27. The number of aromatic nitrogens is 2. The SMILES string of the molecule is O=c1c2c3c(sc2[nH]c(=S)n1C1CCCCC1)C[NH+](Cc1ccccc1)CC3. The molecule has 0 spiro atoms. The Hall–Kier alpha value is -1.76. The summed E-state index contributed by atoms with van der Waals surface area (Å²) >= 11 is 7.35. The lowest BCUT2D eigenvalue weighted by Crippen LogP contribution is -3.10. The van der Waals surface area contributed by atoms with E-state index in [1.165, 1.54) is 35.3 Å². The first-order valence-corrected chi connectivity index (χ1v) is 11.6. The van der Waals surface area contributed by atoms with Gasteiger partial charge in [-0.05, 0) is 30.6 Å². The lowest BCUT2D eigenvalue weighted by Gasteiger charge is -2.25. The monoisotopic (exact) mass is 412 g/mol. The molecule has 1 saturated carbocycles. The smallest absolute Gasteiger partial charge is 0.263 e. The van der Waals surface area contributed by atoms with Crippen molar-refractivity contribution < 1.29 is 4.90 Å². The molecule has 0 bridgehead atoms. The Labute approximate surface area is 173 Å². The van der Waals surface area contributed by atoms with Crippen molar-refractivity contribution in [1.82, 2.24) is 9.55 Å². The average Bonchev–Trinajstić information content (AvgIpc) is 3.07. The molecule has 4 nitrogen and oxygen atoms in total. The van der Waals surface area contributed by atoms with Crippen LogP contribution < -0.4 is 10.5 Å². The van der Waals surface area contributed by atoms with Crippen LogP contribution in [0.25, 0.3) is 10.2 Å². The number of aromatic amines is 1. The minimum atomic E-state index is 0.148. The van der Waals surface area contributed by atoms with Crippen molar-refractivity contribution in [2.24, 2.45) is 0 Å². The van der Waals surface area contributed by atoms with E-state index < -0.39 is 0 Å². The summed E-state index contributed by atoms with van der Waals surface area (Å²) in [6.07, 6.45) is 6.79. The molecule has 146 valence electrons. The summed E-state index contributed by atoms with van der Waals surface area (Å²) in [5.41, 5.74) is 2.80. The quantitative estimate of drug-likeness (QED) is 0.643. The van der Waals surface area contributed by atoms with Crippen LogP contribution in [0.15, 0.2) is 35.1 Å². The Morgan fingerprint density at radius 2 is 1.96 bits per heavy atom. The number of benzene rings is 1. The Bertz CT molecular complexity index is 1110. The fourth-order valence-electron chi connectivity index (χ4n) is 4.93. The molecule has 2 aromatic heterocycles. The van der Waals surface area contributed by atoms with Crippen LogP contribution in [0.1, 0.15) is 54.1 Å². The Morgan fingerprint density at radius 3 is 2.75 bits per heavy atom. The van der Waals surface area contributed by atoms with Gasteiger partial charge in [0.15, 0.2) is 4.77 Å². The molecule has 1 aliphatic carbocycles. The molecular formula is C22H26N3OS2+. The van der Waals surface area contributed by atoms with Crippen molar-refractivity contribution in [2.45, 2.75) is 57.7 Å². The number of rotatable bonds is 3. The van der Waals surface area contributed by atoms with E-state index >= 15 is 0 Å². The summed E-state index contributed by atoms with van der Waals surface area (Å²) in [5.74, 6) is 0. The fraction of sp³-hybridized carbons (Fsp3) is 0.455. The van der Waals surface area contributed by atoms with Gasteiger partial charge in [-0.1, -0.05) is 49.6 Å². The highest BCUT2D eigenvalue weighted by Gasteiger charge is 2.27. The molecule has 28 heavy (non-hydrogen) atoms. The largest absolute Gasteiger partial charge is 0.326 e. The minimum absolute atomic E-state index is 0.148. The molecule has 0 saturated heterocycles. The van der Waals surface area contributed by atoms with Crippen molar-refractivity contribution in [3.05, 3.63) is 61.5 Å².